The quantitative estimate of drug-likeness (QED) is 0.752. The summed E-state index contributed by atoms with van der Waals surface area (Å²) in [7, 11) is 0. The zero-order valence-corrected chi connectivity index (χ0v) is 12.6. The van der Waals surface area contributed by atoms with Crippen LogP contribution in [0.1, 0.15) is 26.3 Å². The van der Waals surface area contributed by atoms with E-state index in [1.807, 2.05) is 26.8 Å². The largest absolute Gasteiger partial charge is 0.399 e. The first-order valence-corrected chi connectivity index (χ1v) is 6.84. The van der Waals surface area contributed by atoms with Crippen LogP contribution in [0.3, 0.4) is 0 Å². The van der Waals surface area contributed by atoms with Crippen molar-refractivity contribution in [2.75, 3.05) is 24.3 Å². The molecule has 5 nitrogen and oxygen atoms in total. The molecule has 1 aromatic carbocycles. The Hall–Kier alpha value is -1.59. The summed E-state index contributed by atoms with van der Waals surface area (Å²) in [6, 6.07) is 5.41. The standard InChI is InChI=1S/C15H24N2O3/c1-5-19-9-11(3)20-12(4)15(18)17-14-8-13(16)7-6-10(14)2/h6-8,11-12H,5,9,16H2,1-4H3,(H,17,18). The van der Waals surface area contributed by atoms with Crippen molar-refractivity contribution in [1.29, 1.82) is 0 Å². The Bertz CT molecular complexity index is 449. The number of aryl methyl sites for hydroxylation is 1. The second kappa shape index (κ2) is 7.87. The Balaban J connectivity index is 2.55. The van der Waals surface area contributed by atoms with Crippen molar-refractivity contribution in [1.82, 2.24) is 0 Å². The van der Waals surface area contributed by atoms with Gasteiger partial charge in [-0.05, 0) is 45.4 Å². The molecule has 0 aliphatic rings. The summed E-state index contributed by atoms with van der Waals surface area (Å²) in [5, 5.41) is 2.83. The third-order valence-electron chi connectivity index (χ3n) is 2.88. The summed E-state index contributed by atoms with van der Waals surface area (Å²) < 4.78 is 10.8. The fourth-order valence-corrected chi connectivity index (χ4v) is 1.74. The van der Waals surface area contributed by atoms with Crippen LogP contribution < -0.4 is 11.1 Å². The van der Waals surface area contributed by atoms with Crippen LogP contribution in [-0.4, -0.2) is 31.3 Å². The molecule has 1 aromatic rings. The van der Waals surface area contributed by atoms with Crippen LogP contribution in [0.25, 0.3) is 0 Å². The van der Waals surface area contributed by atoms with E-state index in [1.165, 1.54) is 0 Å². The highest BCUT2D eigenvalue weighted by Gasteiger charge is 2.17. The first kappa shape index (κ1) is 16.5. The maximum Gasteiger partial charge on any atom is 0.253 e. The average Bonchev–Trinajstić information content (AvgIpc) is 2.40. The molecule has 0 saturated heterocycles. The maximum atomic E-state index is 12.1. The van der Waals surface area contributed by atoms with E-state index in [0.717, 1.165) is 5.56 Å². The molecular formula is C15H24N2O3. The van der Waals surface area contributed by atoms with E-state index < -0.39 is 6.10 Å². The lowest BCUT2D eigenvalue weighted by atomic mass is 10.1. The van der Waals surface area contributed by atoms with Gasteiger partial charge in [-0.2, -0.15) is 0 Å². The molecule has 5 heteroatoms. The maximum absolute atomic E-state index is 12.1. The normalized spacial score (nSPS) is 13.8. The van der Waals surface area contributed by atoms with Crippen molar-refractivity contribution < 1.29 is 14.3 Å². The van der Waals surface area contributed by atoms with Crippen molar-refractivity contribution >= 4 is 17.3 Å². The van der Waals surface area contributed by atoms with E-state index in [2.05, 4.69) is 5.32 Å². The lowest BCUT2D eigenvalue weighted by Gasteiger charge is -2.19. The van der Waals surface area contributed by atoms with Crippen molar-refractivity contribution in [2.24, 2.45) is 0 Å². The molecule has 0 aliphatic heterocycles. The number of hydrogen-bond donors (Lipinski definition) is 2. The number of nitrogens with one attached hydrogen (secondary N) is 1. The van der Waals surface area contributed by atoms with Gasteiger partial charge in [0.2, 0.25) is 0 Å². The van der Waals surface area contributed by atoms with Crippen LogP contribution in [0.15, 0.2) is 18.2 Å². The van der Waals surface area contributed by atoms with Gasteiger partial charge in [-0.15, -0.1) is 0 Å². The zero-order valence-electron chi connectivity index (χ0n) is 12.6. The third-order valence-corrected chi connectivity index (χ3v) is 2.88. The van der Waals surface area contributed by atoms with Crippen molar-refractivity contribution in [3.63, 3.8) is 0 Å². The Morgan fingerprint density at radius 3 is 2.75 bits per heavy atom. The molecule has 0 heterocycles. The Morgan fingerprint density at radius 2 is 2.10 bits per heavy atom. The molecule has 0 spiro atoms. The first-order chi connectivity index (χ1) is 9.43. The summed E-state index contributed by atoms with van der Waals surface area (Å²) in [5.74, 6) is -0.193. The van der Waals surface area contributed by atoms with Gasteiger partial charge in [-0.1, -0.05) is 6.07 Å². The smallest absolute Gasteiger partial charge is 0.253 e. The summed E-state index contributed by atoms with van der Waals surface area (Å²) in [4.78, 5) is 12.1. The van der Waals surface area contributed by atoms with E-state index in [9.17, 15) is 4.79 Å². The van der Waals surface area contributed by atoms with Gasteiger partial charge in [0.25, 0.3) is 5.91 Å². The SMILES string of the molecule is CCOCC(C)OC(C)C(=O)Nc1cc(N)ccc1C. The minimum absolute atomic E-state index is 0.127. The zero-order chi connectivity index (χ0) is 15.1. The minimum atomic E-state index is -0.550. The highest BCUT2D eigenvalue weighted by Crippen LogP contribution is 2.18. The van der Waals surface area contributed by atoms with E-state index in [0.29, 0.717) is 24.6 Å². The van der Waals surface area contributed by atoms with Gasteiger partial charge in [-0.25, -0.2) is 0 Å². The van der Waals surface area contributed by atoms with Crippen LogP contribution in [0, 0.1) is 6.92 Å². The van der Waals surface area contributed by atoms with Gasteiger partial charge in [0.05, 0.1) is 12.7 Å². The molecule has 2 atom stereocenters. The van der Waals surface area contributed by atoms with Gasteiger partial charge in [0.15, 0.2) is 0 Å². The molecule has 3 N–H and O–H groups in total. The molecule has 0 aliphatic carbocycles. The van der Waals surface area contributed by atoms with Gasteiger partial charge >= 0.3 is 0 Å². The highest BCUT2D eigenvalue weighted by molar-refractivity contribution is 5.95. The Morgan fingerprint density at radius 1 is 1.40 bits per heavy atom. The highest BCUT2D eigenvalue weighted by atomic mass is 16.5. The number of rotatable bonds is 7. The van der Waals surface area contributed by atoms with Gasteiger partial charge in [0.1, 0.15) is 6.10 Å². The monoisotopic (exact) mass is 280 g/mol. The van der Waals surface area contributed by atoms with Crippen molar-refractivity contribution in [3.8, 4) is 0 Å². The average molecular weight is 280 g/mol. The number of hydrogen-bond acceptors (Lipinski definition) is 4. The second-order valence-electron chi connectivity index (χ2n) is 4.81. The molecule has 0 radical (unpaired) electrons. The third kappa shape index (κ3) is 5.19. The molecule has 1 amide bonds. The first-order valence-electron chi connectivity index (χ1n) is 6.84. The fraction of sp³-hybridized carbons (Fsp3) is 0.533. The Labute approximate surface area is 120 Å². The molecule has 0 aromatic heterocycles. The number of ether oxygens (including phenoxy) is 2. The molecule has 112 valence electrons. The molecule has 0 saturated carbocycles. The molecule has 20 heavy (non-hydrogen) atoms. The van der Waals surface area contributed by atoms with Crippen molar-refractivity contribution in [2.45, 2.75) is 39.9 Å². The molecule has 0 bridgehead atoms. The van der Waals surface area contributed by atoms with Crippen LogP contribution in [0.2, 0.25) is 0 Å². The van der Waals surface area contributed by atoms with Crippen LogP contribution >= 0.6 is 0 Å². The van der Waals surface area contributed by atoms with Crippen LogP contribution in [0.5, 0.6) is 0 Å². The second-order valence-corrected chi connectivity index (χ2v) is 4.81. The van der Waals surface area contributed by atoms with Crippen LogP contribution in [0.4, 0.5) is 11.4 Å². The van der Waals surface area contributed by atoms with Crippen molar-refractivity contribution in [3.05, 3.63) is 23.8 Å². The van der Waals surface area contributed by atoms with E-state index >= 15 is 0 Å². The minimum Gasteiger partial charge on any atom is -0.399 e. The topological polar surface area (TPSA) is 73.6 Å². The predicted octanol–water partition coefficient (Wildman–Crippen LogP) is 2.35. The van der Waals surface area contributed by atoms with E-state index in [4.69, 9.17) is 15.2 Å². The molecule has 1 rings (SSSR count). The number of carbonyl (C=O) groups excluding carboxylic acids is 1. The van der Waals surface area contributed by atoms with E-state index in [-0.39, 0.29) is 12.0 Å². The number of anilines is 2. The van der Waals surface area contributed by atoms with Gasteiger partial charge < -0.3 is 20.5 Å². The number of amides is 1. The Kier molecular flexibility index (Phi) is 6.48. The number of benzene rings is 1. The lowest BCUT2D eigenvalue weighted by molar-refractivity contribution is -0.131. The number of carbonyl (C=O) groups is 1. The molecular weight excluding hydrogens is 256 g/mol. The number of nitrogen functional groups attached to an aromatic ring is 1. The van der Waals surface area contributed by atoms with Gasteiger partial charge in [0, 0.05) is 18.0 Å². The van der Waals surface area contributed by atoms with E-state index in [1.54, 1.807) is 19.1 Å². The lowest BCUT2D eigenvalue weighted by Crippen LogP contribution is -2.32. The molecule has 2 unspecified atom stereocenters. The summed E-state index contributed by atoms with van der Waals surface area (Å²) >= 11 is 0. The summed E-state index contributed by atoms with van der Waals surface area (Å²) in [5.41, 5.74) is 8.00. The summed E-state index contributed by atoms with van der Waals surface area (Å²) in [6.45, 7) is 8.55. The predicted molar refractivity (Wildman–Crippen MR) is 80.7 cm³/mol. The summed E-state index contributed by atoms with van der Waals surface area (Å²) in [6.07, 6.45) is -0.677. The van der Waals surface area contributed by atoms with Gasteiger partial charge in [-0.3, -0.25) is 4.79 Å². The number of nitrogens with two attached hydrogens (primary N) is 1. The van der Waals surface area contributed by atoms with Crippen LogP contribution in [-0.2, 0) is 14.3 Å². The molecule has 0 fully saturated rings. The fourth-order valence-electron chi connectivity index (χ4n) is 1.74.